The number of aromatic nitrogens is 1. The van der Waals surface area contributed by atoms with Crippen LogP contribution in [0.25, 0.3) is 11.3 Å². The Bertz CT molecular complexity index is 1880. The van der Waals surface area contributed by atoms with E-state index in [0.29, 0.717) is 17.9 Å². The van der Waals surface area contributed by atoms with Gasteiger partial charge in [0.2, 0.25) is 11.8 Å². The van der Waals surface area contributed by atoms with Crippen molar-refractivity contribution in [1.82, 2.24) is 4.98 Å². The number of amides is 2. The van der Waals surface area contributed by atoms with Crippen LogP contribution in [0.1, 0.15) is 45.2 Å². The van der Waals surface area contributed by atoms with E-state index in [-0.39, 0.29) is 51.0 Å². The second kappa shape index (κ2) is 13.2. The highest BCUT2D eigenvalue weighted by Gasteiger charge is 2.41. The number of furan rings is 1. The normalized spacial score (nSPS) is 14.1. The first kappa shape index (κ1) is 30.5. The minimum atomic E-state index is -0.938. The van der Waals surface area contributed by atoms with Crippen molar-refractivity contribution >= 4 is 46.8 Å². The van der Waals surface area contributed by atoms with Crippen molar-refractivity contribution in [3.05, 3.63) is 89.2 Å². The molecule has 0 radical (unpaired) electrons. The lowest BCUT2D eigenvalue weighted by atomic mass is 10.0. The Morgan fingerprint density at radius 1 is 1.04 bits per heavy atom. The molecule has 5 rings (SSSR count). The lowest BCUT2D eigenvalue weighted by Crippen LogP contribution is -2.31. The number of hydrogen-bond donors (Lipinski definition) is 1. The van der Waals surface area contributed by atoms with Crippen molar-refractivity contribution in [3.8, 4) is 29.2 Å². The van der Waals surface area contributed by atoms with E-state index in [2.05, 4.69) is 4.98 Å². The van der Waals surface area contributed by atoms with Crippen LogP contribution in [0, 0.1) is 22.7 Å². The van der Waals surface area contributed by atoms with E-state index < -0.39 is 35.4 Å². The molecule has 4 aromatic rings. The topological polar surface area (TPSA) is 190 Å². The van der Waals surface area contributed by atoms with Crippen LogP contribution >= 0.6 is 11.8 Å². The molecule has 2 N–H and O–H groups in total. The number of rotatable bonds is 10. The number of ether oxygens (including phenoxy) is 2. The average molecular weight is 622 g/mol. The zero-order valence-corrected chi connectivity index (χ0v) is 24.5. The highest BCUT2D eigenvalue weighted by atomic mass is 32.2. The molecular formula is C32H23N5O7S. The number of nitrogens with zero attached hydrogens (tertiary/aromatic N) is 4. The molecule has 2 aromatic heterocycles. The highest BCUT2D eigenvalue weighted by molar-refractivity contribution is 8.00. The zero-order chi connectivity index (χ0) is 32.1. The summed E-state index contributed by atoms with van der Waals surface area (Å²) < 4.78 is 15.9. The van der Waals surface area contributed by atoms with Crippen molar-refractivity contribution in [2.75, 3.05) is 23.8 Å². The largest absolute Gasteiger partial charge is 0.494 e. The summed E-state index contributed by atoms with van der Waals surface area (Å²) in [5.74, 6) is -1.51. The van der Waals surface area contributed by atoms with Gasteiger partial charge in [0.25, 0.3) is 0 Å². The average Bonchev–Trinajstić information content (AvgIpc) is 3.67. The lowest BCUT2D eigenvalue weighted by Gasteiger charge is -2.16. The third-order valence-electron chi connectivity index (χ3n) is 6.73. The molecule has 45 heavy (non-hydrogen) atoms. The number of thioether (sulfide) groups is 1. The predicted octanol–water partition coefficient (Wildman–Crippen LogP) is 4.53. The van der Waals surface area contributed by atoms with Gasteiger partial charge < -0.3 is 19.6 Å². The molecule has 1 saturated heterocycles. The number of ketones is 1. The van der Waals surface area contributed by atoms with Crippen LogP contribution in [0.15, 0.2) is 76.4 Å². The van der Waals surface area contributed by atoms with E-state index in [4.69, 9.17) is 19.6 Å². The van der Waals surface area contributed by atoms with Crippen LogP contribution in [0.5, 0.6) is 5.75 Å². The number of benzene rings is 2. The summed E-state index contributed by atoms with van der Waals surface area (Å²) in [6.07, 6.45) is 1.19. The molecule has 2 amide bonds. The number of carbonyl (C=O) groups excluding carboxylic acids is 4. The first-order valence-corrected chi connectivity index (χ1v) is 14.4. The Morgan fingerprint density at radius 2 is 1.73 bits per heavy atom. The van der Waals surface area contributed by atoms with E-state index in [0.717, 1.165) is 16.7 Å². The first-order chi connectivity index (χ1) is 21.7. The van der Waals surface area contributed by atoms with Crippen molar-refractivity contribution in [2.24, 2.45) is 0 Å². The Balaban J connectivity index is 1.27. The molecule has 2 aromatic carbocycles. The minimum Gasteiger partial charge on any atom is -0.494 e. The van der Waals surface area contributed by atoms with Gasteiger partial charge in [0.1, 0.15) is 40.1 Å². The summed E-state index contributed by atoms with van der Waals surface area (Å²) in [4.78, 5) is 56.5. The molecule has 1 fully saturated rings. The number of nitriles is 2. The molecule has 1 unspecified atom stereocenters. The summed E-state index contributed by atoms with van der Waals surface area (Å²) in [5, 5.41) is 18.7. The Hall–Kier alpha value is -5.92. The fraction of sp³-hybridized carbons (Fsp3) is 0.156. The summed E-state index contributed by atoms with van der Waals surface area (Å²) in [5.41, 5.74) is 6.81. The first-order valence-electron chi connectivity index (χ1n) is 13.5. The van der Waals surface area contributed by atoms with Crippen LogP contribution in [-0.4, -0.2) is 47.0 Å². The zero-order valence-electron chi connectivity index (χ0n) is 23.7. The van der Waals surface area contributed by atoms with Crippen LogP contribution in [0.4, 0.5) is 11.5 Å². The number of anilines is 2. The van der Waals surface area contributed by atoms with Crippen molar-refractivity contribution in [2.45, 2.75) is 23.6 Å². The number of nitrogen functional groups attached to an aromatic ring is 1. The number of pyridine rings is 1. The van der Waals surface area contributed by atoms with Crippen molar-refractivity contribution in [1.29, 1.82) is 10.5 Å². The van der Waals surface area contributed by atoms with Gasteiger partial charge >= 0.3 is 5.97 Å². The Morgan fingerprint density at radius 3 is 2.36 bits per heavy atom. The maximum atomic E-state index is 13.4. The van der Waals surface area contributed by atoms with Crippen LogP contribution < -0.4 is 15.4 Å². The molecule has 0 aliphatic carbocycles. The molecule has 1 aliphatic rings. The van der Waals surface area contributed by atoms with Crippen molar-refractivity contribution < 1.29 is 33.1 Å². The smallest absolute Gasteiger partial charge is 0.338 e. The molecular weight excluding hydrogens is 598 g/mol. The summed E-state index contributed by atoms with van der Waals surface area (Å²) in [6.45, 7) is 1.86. The van der Waals surface area contributed by atoms with E-state index in [1.807, 2.05) is 19.1 Å². The molecule has 1 aliphatic heterocycles. The van der Waals surface area contributed by atoms with E-state index in [9.17, 15) is 29.7 Å². The number of esters is 1. The number of carbonyl (C=O) groups is 4. The number of Topliss-reactive ketones (excluding diaryl/α,β-unsaturated/α-hetero) is 1. The molecule has 13 heteroatoms. The molecule has 3 heterocycles. The number of nitrogens with two attached hydrogens (primary N) is 1. The van der Waals surface area contributed by atoms with Gasteiger partial charge in [-0.3, -0.25) is 14.4 Å². The number of hydrogen-bond acceptors (Lipinski definition) is 12. The highest BCUT2D eigenvalue weighted by Crippen LogP contribution is 2.40. The maximum Gasteiger partial charge on any atom is 0.338 e. The van der Waals surface area contributed by atoms with E-state index in [1.165, 1.54) is 30.5 Å². The van der Waals surface area contributed by atoms with Crippen LogP contribution in [0.3, 0.4) is 0 Å². The van der Waals surface area contributed by atoms with Gasteiger partial charge in [-0.2, -0.15) is 10.5 Å². The minimum absolute atomic E-state index is 0.0109. The monoisotopic (exact) mass is 621 g/mol. The molecule has 0 spiro atoms. The second-order valence-electron chi connectivity index (χ2n) is 9.51. The maximum absolute atomic E-state index is 13.4. The van der Waals surface area contributed by atoms with Crippen LogP contribution in [0.2, 0.25) is 0 Å². The standard InChI is InChI=1S/C32H23N5O7S/c1-2-42-21-11-7-18(8-12-21)24(38)17-44-32(41)19-5-9-20(10-6-19)37-27(39)14-26(31(37)40)45-30-23(16-34)28(25-4-3-13-43-25)22(15-33)29(35)36-30/h3-13,26H,2,14,17H2,1H3,(H2,35,36). The van der Waals surface area contributed by atoms with Gasteiger partial charge in [0.15, 0.2) is 12.4 Å². The molecule has 0 saturated carbocycles. The van der Waals surface area contributed by atoms with Gasteiger partial charge in [-0.15, -0.1) is 0 Å². The quantitative estimate of drug-likeness (QED) is 0.148. The van der Waals surface area contributed by atoms with Crippen molar-refractivity contribution in [3.63, 3.8) is 0 Å². The third-order valence-corrected chi connectivity index (χ3v) is 7.90. The van der Waals surface area contributed by atoms with Gasteiger partial charge in [-0.05, 0) is 67.6 Å². The Kier molecular flexibility index (Phi) is 8.93. The van der Waals surface area contributed by atoms with E-state index in [1.54, 1.807) is 36.4 Å². The summed E-state index contributed by atoms with van der Waals surface area (Å²) in [7, 11) is 0. The van der Waals surface area contributed by atoms with Crippen LogP contribution in [-0.2, 0) is 14.3 Å². The summed E-state index contributed by atoms with van der Waals surface area (Å²) >= 11 is 0.886. The predicted molar refractivity (Wildman–Crippen MR) is 161 cm³/mol. The molecule has 12 nitrogen and oxygen atoms in total. The molecule has 1 atom stereocenters. The van der Waals surface area contributed by atoms with Gasteiger partial charge in [-0.25, -0.2) is 14.7 Å². The van der Waals surface area contributed by atoms with Gasteiger partial charge in [-0.1, -0.05) is 11.8 Å². The molecule has 224 valence electrons. The summed E-state index contributed by atoms with van der Waals surface area (Å²) in [6, 6.07) is 19.2. The second-order valence-corrected chi connectivity index (χ2v) is 10.7. The Labute approximate surface area is 261 Å². The molecule has 0 bridgehead atoms. The fourth-order valence-corrected chi connectivity index (χ4v) is 5.72. The van der Waals surface area contributed by atoms with E-state index >= 15 is 0 Å². The SMILES string of the molecule is CCOc1ccc(C(=O)COC(=O)c2ccc(N3C(=O)CC(Sc4nc(N)c(C#N)c(-c5ccco5)c4C#N)C3=O)cc2)cc1. The number of imide groups is 1. The third kappa shape index (κ3) is 6.25. The van der Waals surface area contributed by atoms with Gasteiger partial charge in [0, 0.05) is 12.0 Å². The van der Waals surface area contributed by atoms with Gasteiger partial charge in [0.05, 0.1) is 40.5 Å². The fourth-order valence-electron chi connectivity index (χ4n) is 4.60. The lowest BCUT2D eigenvalue weighted by molar-refractivity contribution is -0.121.